The molecule has 6 rings (SSSR count). The molecule has 0 radical (unpaired) electrons. The van der Waals surface area contributed by atoms with E-state index in [4.69, 9.17) is 37.9 Å². The highest BCUT2D eigenvalue weighted by Gasteiger charge is 2.61. The Balaban J connectivity index is 1.41. The molecule has 376 valence electrons. The molecule has 1 aromatic heterocycles. The summed E-state index contributed by atoms with van der Waals surface area (Å²) in [7, 11) is 6.87. The maximum atomic E-state index is 15.1. The second-order valence-corrected chi connectivity index (χ2v) is 20.8. The number of amides is 1. The fourth-order valence-corrected chi connectivity index (χ4v) is 11.6. The van der Waals surface area contributed by atoms with Gasteiger partial charge in [-0.05, 0) is 105 Å². The quantitative estimate of drug-likeness (QED) is 0.233. The van der Waals surface area contributed by atoms with Crippen molar-refractivity contribution < 1.29 is 62.5 Å². The number of aliphatic hydroxyl groups is 2. The lowest BCUT2D eigenvalue weighted by molar-refractivity contribution is -0.319. The molecule has 2 N–H and O–H groups in total. The van der Waals surface area contributed by atoms with E-state index >= 15 is 4.79 Å². The van der Waals surface area contributed by atoms with Crippen molar-refractivity contribution in [3.8, 4) is 0 Å². The summed E-state index contributed by atoms with van der Waals surface area (Å²) in [5, 5.41) is 24.0. The fraction of sp³-hybridized carbons (Fsp3) is 0.765. The average Bonchev–Trinajstić information content (AvgIpc) is 3.55. The molecule has 1 unspecified atom stereocenters. The number of aliphatic hydroxyl groups excluding tert-OH is 2. The van der Waals surface area contributed by atoms with Crippen LogP contribution in [0.3, 0.4) is 0 Å². The molecule has 4 fully saturated rings. The highest BCUT2D eigenvalue weighted by Crippen LogP contribution is 2.45. The fourth-order valence-electron chi connectivity index (χ4n) is 11.6. The Labute approximate surface area is 397 Å². The van der Waals surface area contributed by atoms with Gasteiger partial charge in [0, 0.05) is 62.6 Å². The smallest absolute Gasteiger partial charge is 0.410 e. The lowest BCUT2D eigenvalue weighted by Crippen LogP contribution is -2.61. The van der Waals surface area contributed by atoms with Gasteiger partial charge in [-0.3, -0.25) is 14.6 Å². The van der Waals surface area contributed by atoms with Gasteiger partial charge in [-0.15, -0.1) is 0 Å². The molecule has 18 atom stereocenters. The van der Waals surface area contributed by atoms with Crippen molar-refractivity contribution >= 4 is 28.7 Å². The summed E-state index contributed by atoms with van der Waals surface area (Å²) in [4.78, 5) is 52.4. The molecule has 0 saturated carbocycles. The molecule has 16 nitrogen and oxygen atoms in total. The molecule has 16 heteroatoms. The molecule has 4 saturated heterocycles. The standard InChI is InChI=1S/C51H79N3O13/c1-15-38-51(10)43(54(48(59)67-51)22-18-19-34-24-35-20-16-17-21-36(35)52-27-34)30(4)40(55)28(2)25-50(9,61-14)45(66-47-41(56)37(53(11)12)23-29(3)62-47)31(5)42(32(6)46(58)64-38)65-39-26-49(8,60-13)44(57)33(7)63-39/h16-17,20-21,24,27-33,37-39,41-45,47,56-57H,15,18-19,22-23,25-26H2,1-14H3/t28-,29-,30+,31+,32-,33+,37+,38-,39?,41-,42+,43+,44+,45-,47+,49-,50-,51-/m1/s1. The van der Waals surface area contributed by atoms with Gasteiger partial charge in [-0.25, -0.2) is 4.79 Å². The van der Waals surface area contributed by atoms with E-state index in [2.05, 4.69) is 11.1 Å². The summed E-state index contributed by atoms with van der Waals surface area (Å²) in [5.74, 6) is -3.89. The first kappa shape index (κ1) is 53.0. The third kappa shape index (κ3) is 10.9. The Bertz CT molecular complexity index is 2020. The molecule has 0 bridgehead atoms. The zero-order chi connectivity index (χ0) is 49.3. The summed E-state index contributed by atoms with van der Waals surface area (Å²) in [6.45, 7) is 18.5. The number of benzene rings is 1. The first-order valence-electron chi connectivity index (χ1n) is 24.3. The zero-order valence-electron chi connectivity index (χ0n) is 42.3. The van der Waals surface area contributed by atoms with Crippen LogP contribution in [0.5, 0.6) is 0 Å². The van der Waals surface area contributed by atoms with Gasteiger partial charge in [-0.1, -0.05) is 45.9 Å². The summed E-state index contributed by atoms with van der Waals surface area (Å²) in [5.41, 5.74) is -1.81. The van der Waals surface area contributed by atoms with E-state index in [0.29, 0.717) is 19.3 Å². The number of likely N-dealkylation sites (N-methyl/N-ethyl adjacent to an activating group) is 1. The van der Waals surface area contributed by atoms with E-state index in [1.165, 1.54) is 7.11 Å². The Kier molecular flexibility index (Phi) is 16.9. The van der Waals surface area contributed by atoms with Crippen molar-refractivity contribution in [2.75, 3.05) is 34.9 Å². The van der Waals surface area contributed by atoms with Crippen LogP contribution in [0.15, 0.2) is 36.5 Å². The number of pyridine rings is 1. The number of methoxy groups -OCH3 is 2. The van der Waals surface area contributed by atoms with Crippen molar-refractivity contribution in [2.24, 2.45) is 23.7 Å². The van der Waals surface area contributed by atoms with Gasteiger partial charge in [-0.2, -0.15) is 0 Å². The van der Waals surface area contributed by atoms with Gasteiger partial charge >= 0.3 is 12.1 Å². The minimum absolute atomic E-state index is 0.128. The van der Waals surface area contributed by atoms with Gasteiger partial charge in [0.15, 0.2) is 18.2 Å². The predicted octanol–water partition coefficient (Wildman–Crippen LogP) is 6.09. The number of ketones is 1. The molecular weight excluding hydrogens is 863 g/mol. The average molecular weight is 942 g/mol. The molecule has 2 aromatic rings. The number of aryl methyl sites for hydroxylation is 1. The molecule has 4 aliphatic heterocycles. The van der Waals surface area contributed by atoms with Crippen molar-refractivity contribution in [3.63, 3.8) is 0 Å². The van der Waals surface area contributed by atoms with Crippen molar-refractivity contribution in [1.82, 2.24) is 14.8 Å². The van der Waals surface area contributed by atoms with Crippen LogP contribution in [0, 0.1) is 23.7 Å². The van der Waals surface area contributed by atoms with Crippen LogP contribution in [-0.4, -0.2) is 162 Å². The van der Waals surface area contributed by atoms with Crippen LogP contribution < -0.4 is 0 Å². The molecule has 1 amide bonds. The molecule has 1 aromatic carbocycles. The molecule has 0 aliphatic carbocycles. The monoisotopic (exact) mass is 942 g/mol. The first-order valence-corrected chi connectivity index (χ1v) is 24.3. The van der Waals surface area contributed by atoms with Crippen molar-refractivity contribution in [1.29, 1.82) is 0 Å². The van der Waals surface area contributed by atoms with Crippen LogP contribution in [0.1, 0.15) is 107 Å². The number of hydrogen-bond acceptors (Lipinski definition) is 15. The number of nitrogens with zero attached hydrogens (tertiary/aromatic N) is 3. The number of aromatic nitrogens is 1. The van der Waals surface area contributed by atoms with Gasteiger partial charge in [0.05, 0.1) is 53.1 Å². The summed E-state index contributed by atoms with van der Waals surface area (Å²) in [6, 6.07) is 8.90. The van der Waals surface area contributed by atoms with Crippen LogP contribution in [-0.2, 0) is 53.9 Å². The lowest BCUT2D eigenvalue weighted by atomic mass is 9.73. The Morgan fingerprint density at radius 2 is 1.60 bits per heavy atom. The zero-order valence-corrected chi connectivity index (χ0v) is 42.3. The van der Waals surface area contributed by atoms with Gasteiger partial charge in [0.25, 0.3) is 0 Å². The van der Waals surface area contributed by atoms with E-state index in [-0.39, 0.29) is 43.7 Å². The SMILES string of the molecule is CC[C@H]1OC(=O)[C@H](C)[C@@H](OC2C[C@@](C)(OC)[C@@H](O)[C@H](C)O2)[C@H](C)[C@@H](O[C@@H]2O[C@H](C)C[C@H](N(C)C)[C@H]2O)[C@](C)(OC)C[C@@H](C)C(=O)[C@H](C)[C@@H]2N(CCCc3cnc4ccccc4c3)C(=O)O[C@@]21C. The number of carbonyl (C=O) groups excluding carboxylic acids is 3. The number of carbonyl (C=O) groups is 3. The van der Waals surface area contributed by atoms with Crippen LogP contribution in [0.25, 0.3) is 10.9 Å². The number of hydrogen-bond donors (Lipinski definition) is 2. The highest BCUT2D eigenvalue weighted by molar-refractivity contribution is 5.85. The maximum absolute atomic E-state index is 15.1. The van der Waals surface area contributed by atoms with Crippen molar-refractivity contribution in [2.45, 2.75) is 192 Å². The molecule has 0 spiro atoms. The Morgan fingerprint density at radius 1 is 0.910 bits per heavy atom. The lowest BCUT2D eigenvalue weighted by Gasteiger charge is -2.50. The molecule has 4 aliphatic rings. The van der Waals surface area contributed by atoms with Crippen LogP contribution in [0.4, 0.5) is 4.79 Å². The van der Waals surface area contributed by atoms with E-state index in [0.717, 1.165) is 16.5 Å². The third-order valence-corrected chi connectivity index (χ3v) is 15.6. The normalized spacial score (nSPS) is 41.5. The predicted molar refractivity (Wildman–Crippen MR) is 250 cm³/mol. The van der Waals surface area contributed by atoms with Gasteiger partial charge < -0.3 is 57.9 Å². The van der Waals surface area contributed by atoms with Gasteiger partial charge in [0.2, 0.25) is 0 Å². The second-order valence-electron chi connectivity index (χ2n) is 20.8. The van der Waals surface area contributed by atoms with E-state index < -0.39 is 108 Å². The minimum Gasteiger partial charge on any atom is -0.458 e. The second kappa shape index (κ2) is 21.4. The molecule has 67 heavy (non-hydrogen) atoms. The topological polar surface area (TPSA) is 185 Å². The Morgan fingerprint density at radius 3 is 2.25 bits per heavy atom. The van der Waals surface area contributed by atoms with E-state index in [9.17, 15) is 19.8 Å². The molecular formula is C51H79N3O13. The summed E-state index contributed by atoms with van der Waals surface area (Å²) in [6.07, 6.45) is -4.42. The maximum Gasteiger partial charge on any atom is 0.410 e. The minimum atomic E-state index is -1.42. The van der Waals surface area contributed by atoms with E-state index in [1.807, 2.05) is 91.0 Å². The highest BCUT2D eigenvalue weighted by atomic mass is 16.7. The first-order chi connectivity index (χ1) is 31.5. The van der Waals surface area contributed by atoms with Crippen LogP contribution >= 0.6 is 0 Å². The van der Waals surface area contributed by atoms with E-state index in [1.54, 1.807) is 39.7 Å². The third-order valence-electron chi connectivity index (χ3n) is 15.6. The summed E-state index contributed by atoms with van der Waals surface area (Å²) < 4.78 is 51.7. The number of rotatable bonds is 12. The largest absolute Gasteiger partial charge is 0.458 e. The number of ether oxygens (including phenoxy) is 8. The number of Topliss-reactive ketones (excluding diaryl/α,β-unsaturated/α-hetero) is 1. The van der Waals surface area contributed by atoms with Crippen LogP contribution in [0.2, 0.25) is 0 Å². The number of esters is 1. The number of fused-ring (bicyclic) bond motifs is 2. The molecule has 5 heterocycles. The number of para-hydroxylation sites is 1. The number of cyclic esters (lactones) is 1. The summed E-state index contributed by atoms with van der Waals surface area (Å²) >= 11 is 0. The van der Waals surface area contributed by atoms with Gasteiger partial charge in [0.1, 0.15) is 24.1 Å². The van der Waals surface area contributed by atoms with Crippen molar-refractivity contribution in [3.05, 3.63) is 42.1 Å². The Hall–Kier alpha value is -3.32.